The third-order valence-corrected chi connectivity index (χ3v) is 3.78. The Morgan fingerprint density at radius 3 is 2.47 bits per heavy atom. The third kappa shape index (κ3) is 2.24. The van der Waals surface area contributed by atoms with Gasteiger partial charge in [0.25, 0.3) is 0 Å². The van der Waals surface area contributed by atoms with E-state index in [0.717, 1.165) is 17.9 Å². The van der Waals surface area contributed by atoms with Gasteiger partial charge in [-0.2, -0.15) is 0 Å². The van der Waals surface area contributed by atoms with E-state index in [9.17, 15) is 4.79 Å². The van der Waals surface area contributed by atoms with Gasteiger partial charge in [0.15, 0.2) is 0 Å². The normalized spacial score (nSPS) is 27.6. The van der Waals surface area contributed by atoms with E-state index in [2.05, 4.69) is 5.32 Å². The van der Waals surface area contributed by atoms with E-state index >= 15 is 0 Å². The zero-order valence-corrected chi connectivity index (χ0v) is 10.8. The highest BCUT2D eigenvalue weighted by atomic mass is 16.3. The number of carbonyl (C=O) groups excluding carboxylic acids is 1. The SMILES string of the molecule is CC[C@H]1C(=O)C[C@H](c2ccco2)N[C@@H]1c1ccco1. The first-order valence-corrected chi connectivity index (χ1v) is 6.65. The molecule has 100 valence electrons. The molecule has 0 saturated carbocycles. The largest absolute Gasteiger partial charge is 0.468 e. The number of piperidine rings is 1. The second-order valence-corrected chi connectivity index (χ2v) is 4.91. The summed E-state index contributed by atoms with van der Waals surface area (Å²) in [4.78, 5) is 12.3. The summed E-state index contributed by atoms with van der Waals surface area (Å²) in [6, 6.07) is 7.37. The molecule has 0 amide bonds. The molecule has 0 aromatic carbocycles. The monoisotopic (exact) mass is 259 g/mol. The lowest BCUT2D eigenvalue weighted by molar-refractivity contribution is -0.127. The standard InChI is InChI=1S/C15H17NO3/c1-2-10-12(17)9-11(13-5-3-7-18-13)16-15(10)14-6-4-8-19-14/h3-8,10-11,15-16H,2,9H2,1H3/t10-,11+,15-/m0/s1. The summed E-state index contributed by atoms with van der Waals surface area (Å²) in [5, 5.41) is 3.48. The van der Waals surface area contributed by atoms with E-state index in [1.54, 1.807) is 12.5 Å². The first-order valence-electron chi connectivity index (χ1n) is 6.65. The van der Waals surface area contributed by atoms with Crippen LogP contribution in [0, 0.1) is 5.92 Å². The highest BCUT2D eigenvalue weighted by molar-refractivity contribution is 5.83. The van der Waals surface area contributed by atoms with Crippen LogP contribution in [0.5, 0.6) is 0 Å². The number of Topliss-reactive ketones (excluding diaryl/α,β-unsaturated/α-hetero) is 1. The summed E-state index contributed by atoms with van der Waals surface area (Å²) in [6.45, 7) is 2.04. The van der Waals surface area contributed by atoms with E-state index in [1.807, 2.05) is 31.2 Å². The van der Waals surface area contributed by atoms with Crippen molar-refractivity contribution in [2.75, 3.05) is 0 Å². The van der Waals surface area contributed by atoms with Crippen LogP contribution in [0.2, 0.25) is 0 Å². The average molecular weight is 259 g/mol. The van der Waals surface area contributed by atoms with Crippen molar-refractivity contribution in [1.29, 1.82) is 0 Å². The van der Waals surface area contributed by atoms with Crippen LogP contribution in [-0.4, -0.2) is 5.78 Å². The summed E-state index contributed by atoms with van der Waals surface area (Å²) < 4.78 is 10.9. The van der Waals surface area contributed by atoms with Gasteiger partial charge >= 0.3 is 0 Å². The summed E-state index contributed by atoms with van der Waals surface area (Å²) in [7, 11) is 0. The van der Waals surface area contributed by atoms with Crippen molar-refractivity contribution in [2.45, 2.75) is 31.8 Å². The second kappa shape index (κ2) is 5.05. The first kappa shape index (κ1) is 12.2. The molecule has 19 heavy (non-hydrogen) atoms. The van der Waals surface area contributed by atoms with E-state index in [4.69, 9.17) is 8.83 Å². The molecular formula is C15H17NO3. The Labute approximate surface area is 111 Å². The zero-order chi connectivity index (χ0) is 13.2. The lowest BCUT2D eigenvalue weighted by Crippen LogP contribution is -2.41. The van der Waals surface area contributed by atoms with Crippen LogP contribution >= 0.6 is 0 Å². The molecule has 1 saturated heterocycles. The first-order chi connectivity index (χ1) is 9.29. The molecule has 1 aliphatic heterocycles. The molecule has 1 fully saturated rings. The van der Waals surface area contributed by atoms with E-state index in [-0.39, 0.29) is 23.8 Å². The summed E-state index contributed by atoms with van der Waals surface area (Å²) in [5.41, 5.74) is 0. The molecule has 1 N–H and O–H groups in total. The molecule has 3 heterocycles. The molecular weight excluding hydrogens is 242 g/mol. The van der Waals surface area contributed by atoms with Gasteiger partial charge in [0.2, 0.25) is 0 Å². The number of hydrogen-bond acceptors (Lipinski definition) is 4. The number of rotatable bonds is 3. The summed E-state index contributed by atoms with van der Waals surface area (Å²) >= 11 is 0. The summed E-state index contributed by atoms with van der Waals surface area (Å²) in [5.74, 6) is 1.86. The van der Waals surface area contributed by atoms with E-state index in [1.165, 1.54) is 0 Å². The minimum atomic E-state index is -0.0728. The maximum absolute atomic E-state index is 12.3. The van der Waals surface area contributed by atoms with E-state index < -0.39 is 0 Å². The Bertz CT molecular complexity index is 530. The molecule has 0 bridgehead atoms. The Morgan fingerprint density at radius 1 is 1.21 bits per heavy atom. The van der Waals surface area contributed by atoms with Gasteiger partial charge in [-0.15, -0.1) is 0 Å². The molecule has 0 spiro atoms. The van der Waals surface area contributed by atoms with Crippen molar-refractivity contribution in [1.82, 2.24) is 5.32 Å². The maximum Gasteiger partial charge on any atom is 0.140 e. The van der Waals surface area contributed by atoms with Gasteiger partial charge in [0.05, 0.1) is 24.6 Å². The van der Waals surface area contributed by atoms with E-state index in [0.29, 0.717) is 6.42 Å². The Kier molecular flexibility index (Phi) is 3.25. The molecule has 3 atom stereocenters. The van der Waals surface area contributed by atoms with Gasteiger partial charge in [-0.05, 0) is 30.7 Å². The van der Waals surface area contributed by atoms with Gasteiger partial charge in [-0.3, -0.25) is 10.1 Å². The number of nitrogens with one attached hydrogen (secondary N) is 1. The van der Waals surface area contributed by atoms with Crippen molar-refractivity contribution in [3.8, 4) is 0 Å². The van der Waals surface area contributed by atoms with Crippen LogP contribution in [0.15, 0.2) is 45.6 Å². The highest BCUT2D eigenvalue weighted by Gasteiger charge is 2.38. The Hall–Kier alpha value is -1.81. The van der Waals surface area contributed by atoms with Crippen LogP contribution in [0.1, 0.15) is 43.4 Å². The maximum atomic E-state index is 12.3. The van der Waals surface area contributed by atoms with Gasteiger partial charge in [-0.25, -0.2) is 0 Å². The Morgan fingerprint density at radius 2 is 1.89 bits per heavy atom. The highest BCUT2D eigenvalue weighted by Crippen LogP contribution is 2.36. The molecule has 2 aromatic heterocycles. The van der Waals surface area contributed by atoms with Crippen LogP contribution < -0.4 is 5.32 Å². The van der Waals surface area contributed by atoms with Gasteiger partial charge in [0, 0.05) is 12.3 Å². The molecule has 0 aliphatic carbocycles. The van der Waals surface area contributed by atoms with Gasteiger partial charge < -0.3 is 8.83 Å². The molecule has 4 nitrogen and oxygen atoms in total. The lowest BCUT2D eigenvalue weighted by Gasteiger charge is -2.34. The Balaban J connectivity index is 1.89. The number of ketones is 1. The quantitative estimate of drug-likeness (QED) is 0.919. The van der Waals surface area contributed by atoms with Crippen molar-refractivity contribution < 1.29 is 13.6 Å². The predicted molar refractivity (Wildman–Crippen MR) is 69.4 cm³/mol. The molecule has 4 heteroatoms. The number of hydrogen-bond donors (Lipinski definition) is 1. The molecule has 1 aliphatic rings. The zero-order valence-electron chi connectivity index (χ0n) is 10.8. The fourth-order valence-electron chi connectivity index (χ4n) is 2.81. The predicted octanol–water partition coefficient (Wildman–Crippen LogP) is 3.24. The van der Waals surface area contributed by atoms with Gasteiger partial charge in [-0.1, -0.05) is 6.92 Å². The molecule has 0 unspecified atom stereocenters. The van der Waals surface area contributed by atoms with Gasteiger partial charge in [0.1, 0.15) is 17.3 Å². The second-order valence-electron chi connectivity index (χ2n) is 4.91. The number of carbonyl (C=O) groups is 1. The van der Waals surface area contributed by atoms with Crippen molar-refractivity contribution in [2.24, 2.45) is 5.92 Å². The number of furan rings is 2. The fourth-order valence-corrected chi connectivity index (χ4v) is 2.81. The summed E-state index contributed by atoms with van der Waals surface area (Å²) in [6.07, 6.45) is 4.56. The average Bonchev–Trinajstić information content (AvgIpc) is 3.11. The van der Waals surface area contributed by atoms with Crippen molar-refractivity contribution >= 4 is 5.78 Å². The van der Waals surface area contributed by atoms with Crippen LogP contribution in [0.3, 0.4) is 0 Å². The van der Waals surface area contributed by atoms with Crippen LogP contribution in [0.4, 0.5) is 0 Å². The van der Waals surface area contributed by atoms with Crippen molar-refractivity contribution in [3.63, 3.8) is 0 Å². The molecule has 2 aromatic rings. The van der Waals surface area contributed by atoms with Crippen LogP contribution in [-0.2, 0) is 4.79 Å². The third-order valence-electron chi connectivity index (χ3n) is 3.78. The topological polar surface area (TPSA) is 55.4 Å². The smallest absolute Gasteiger partial charge is 0.140 e. The van der Waals surface area contributed by atoms with Crippen LogP contribution in [0.25, 0.3) is 0 Å². The van der Waals surface area contributed by atoms with Crippen molar-refractivity contribution in [3.05, 3.63) is 48.3 Å². The molecule has 3 rings (SSSR count). The minimum Gasteiger partial charge on any atom is -0.468 e. The minimum absolute atomic E-state index is 0.0302. The lowest BCUT2D eigenvalue weighted by atomic mass is 9.82. The molecule has 0 radical (unpaired) electrons. The fraction of sp³-hybridized carbons (Fsp3) is 0.400.